The number of aromatic nitrogens is 3. The summed E-state index contributed by atoms with van der Waals surface area (Å²) in [5.41, 5.74) is 3.39. The first-order valence-corrected chi connectivity index (χ1v) is 11.2. The maximum Gasteiger partial charge on any atom is 0.278 e. The van der Waals surface area contributed by atoms with E-state index in [1.54, 1.807) is 26.2 Å². The second kappa shape index (κ2) is 10.4. The zero-order chi connectivity index (χ0) is 26.7. The smallest absolute Gasteiger partial charge is 0.278 e. The fraction of sp³-hybridized carbons (Fsp3) is 0.292. The van der Waals surface area contributed by atoms with E-state index in [2.05, 4.69) is 31.1 Å². The Hall–Kier alpha value is -4.26. The van der Waals surface area contributed by atoms with Crippen LogP contribution in [0.2, 0.25) is 0 Å². The maximum absolute atomic E-state index is 14.7. The number of rotatable bonds is 9. The van der Waals surface area contributed by atoms with Gasteiger partial charge in [0.05, 0.1) is 36.2 Å². The molecule has 1 aliphatic rings. The Morgan fingerprint density at radius 2 is 1.81 bits per heavy atom. The summed E-state index contributed by atoms with van der Waals surface area (Å²) >= 11 is 0. The van der Waals surface area contributed by atoms with Crippen LogP contribution in [-0.4, -0.2) is 46.4 Å². The van der Waals surface area contributed by atoms with E-state index in [4.69, 9.17) is 9.57 Å². The van der Waals surface area contributed by atoms with Crippen LogP contribution >= 0.6 is 0 Å². The number of aryl methyl sites for hydroxylation is 1. The first-order chi connectivity index (χ1) is 17.6. The number of carbonyl (C=O) groups is 2. The van der Waals surface area contributed by atoms with E-state index in [1.165, 1.54) is 19.2 Å². The molecule has 2 amide bonds. The molecular formula is C24H23F3N6O4. The van der Waals surface area contributed by atoms with Gasteiger partial charge in [0.2, 0.25) is 5.91 Å². The molecule has 2 heterocycles. The van der Waals surface area contributed by atoms with E-state index in [0.717, 1.165) is 17.8 Å². The number of alkyl halides is 2. The van der Waals surface area contributed by atoms with Crippen molar-refractivity contribution in [2.24, 2.45) is 5.92 Å². The SMILES string of the molecule is CCONC(=O)c1cnc(NC(=O)C2CC2(F)F)cc1Nc1cc(F)cc(-c2ncc(C)cn2)c1OC. The zero-order valence-corrected chi connectivity index (χ0v) is 20.1. The third-order valence-electron chi connectivity index (χ3n) is 5.40. The molecule has 0 spiro atoms. The molecule has 0 aliphatic heterocycles. The summed E-state index contributed by atoms with van der Waals surface area (Å²) in [6.07, 6.45) is 3.70. The third kappa shape index (κ3) is 5.77. The highest BCUT2D eigenvalue weighted by molar-refractivity contribution is 6.01. The number of anilines is 3. The first-order valence-electron chi connectivity index (χ1n) is 11.2. The molecule has 0 saturated heterocycles. The molecule has 194 valence electrons. The second-order valence-corrected chi connectivity index (χ2v) is 8.23. The molecule has 1 aromatic carbocycles. The standard InChI is InChI=1S/C24H23F3N6O4/c1-4-37-33-22(34)15-11-28-19(32-23(35)16-8-24(16,26)27)7-17(15)31-18-6-13(25)5-14(20(18)36-3)21-29-9-12(2)10-30-21/h5-7,9-11,16H,4,8H2,1-3H3,(H,33,34)(H2,28,31,32,35). The Balaban J connectivity index is 1.73. The minimum Gasteiger partial charge on any atom is -0.494 e. The van der Waals surface area contributed by atoms with Crippen molar-refractivity contribution in [3.05, 3.63) is 53.7 Å². The monoisotopic (exact) mass is 516 g/mol. The summed E-state index contributed by atoms with van der Waals surface area (Å²) in [7, 11) is 1.37. The van der Waals surface area contributed by atoms with E-state index >= 15 is 0 Å². The number of benzene rings is 1. The molecule has 0 radical (unpaired) electrons. The van der Waals surface area contributed by atoms with E-state index in [0.29, 0.717) is 0 Å². The van der Waals surface area contributed by atoms with Crippen LogP contribution in [0.25, 0.3) is 11.4 Å². The fourth-order valence-electron chi connectivity index (χ4n) is 3.46. The van der Waals surface area contributed by atoms with Gasteiger partial charge in [-0.3, -0.25) is 14.4 Å². The first kappa shape index (κ1) is 25.8. The van der Waals surface area contributed by atoms with Gasteiger partial charge >= 0.3 is 0 Å². The molecule has 0 bridgehead atoms. The lowest BCUT2D eigenvalue weighted by Crippen LogP contribution is -2.25. The van der Waals surface area contributed by atoms with Crippen molar-refractivity contribution in [3.8, 4) is 17.1 Å². The van der Waals surface area contributed by atoms with Gasteiger partial charge in [0, 0.05) is 37.1 Å². The minimum atomic E-state index is -3.06. The summed E-state index contributed by atoms with van der Waals surface area (Å²) in [5.74, 6) is -6.49. The second-order valence-electron chi connectivity index (χ2n) is 8.23. The quantitative estimate of drug-likeness (QED) is 0.364. The van der Waals surface area contributed by atoms with Gasteiger partial charge < -0.3 is 15.4 Å². The molecule has 10 nitrogen and oxygen atoms in total. The number of hydroxylamine groups is 1. The van der Waals surface area contributed by atoms with E-state index in [9.17, 15) is 22.8 Å². The molecule has 3 aromatic rings. The van der Waals surface area contributed by atoms with E-state index < -0.39 is 35.9 Å². The van der Waals surface area contributed by atoms with Crippen molar-refractivity contribution in [2.45, 2.75) is 26.2 Å². The van der Waals surface area contributed by atoms with E-state index in [1.807, 2.05) is 0 Å². The molecule has 1 saturated carbocycles. The molecule has 37 heavy (non-hydrogen) atoms. The summed E-state index contributed by atoms with van der Waals surface area (Å²) in [6, 6.07) is 3.58. The number of halogens is 3. The van der Waals surface area contributed by atoms with Crippen molar-refractivity contribution in [1.82, 2.24) is 20.4 Å². The summed E-state index contributed by atoms with van der Waals surface area (Å²) in [6.45, 7) is 3.65. The molecule has 1 aliphatic carbocycles. The van der Waals surface area contributed by atoms with Gasteiger partial charge in [-0.1, -0.05) is 0 Å². The van der Waals surface area contributed by atoms with Crippen LogP contribution in [0.1, 0.15) is 29.3 Å². The van der Waals surface area contributed by atoms with Gasteiger partial charge in [-0.25, -0.2) is 33.6 Å². The summed E-state index contributed by atoms with van der Waals surface area (Å²) < 4.78 is 46.8. The van der Waals surface area contributed by atoms with Crippen LogP contribution in [0.5, 0.6) is 5.75 Å². The normalized spacial score (nSPS) is 15.6. The number of amides is 2. The number of pyridine rings is 1. The van der Waals surface area contributed by atoms with Gasteiger partial charge in [0.1, 0.15) is 17.6 Å². The van der Waals surface area contributed by atoms with Crippen LogP contribution < -0.4 is 20.9 Å². The highest BCUT2D eigenvalue weighted by atomic mass is 19.3. The summed E-state index contributed by atoms with van der Waals surface area (Å²) in [5, 5.41) is 5.23. The summed E-state index contributed by atoms with van der Waals surface area (Å²) in [4.78, 5) is 42.2. The Morgan fingerprint density at radius 3 is 2.43 bits per heavy atom. The minimum absolute atomic E-state index is 0.0392. The van der Waals surface area contributed by atoms with Crippen LogP contribution in [0.15, 0.2) is 36.8 Å². The number of methoxy groups -OCH3 is 1. The maximum atomic E-state index is 14.7. The number of hydrogen-bond donors (Lipinski definition) is 3. The van der Waals surface area contributed by atoms with Gasteiger partial charge in [-0.2, -0.15) is 0 Å². The molecule has 1 atom stereocenters. The van der Waals surface area contributed by atoms with Gasteiger partial charge in [0.25, 0.3) is 11.8 Å². The van der Waals surface area contributed by atoms with Crippen molar-refractivity contribution in [2.75, 3.05) is 24.4 Å². The van der Waals surface area contributed by atoms with Crippen LogP contribution in [-0.2, 0) is 9.63 Å². The van der Waals surface area contributed by atoms with Crippen molar-refractivity contribution >= 4 is 29.0 Å². The topological polar surface area (TPSA) is 127 Å². The van der Waals surface area contributed by atoms with Crippen molar-refractivity contribution in [1.29, 1.82) is 0 Å². The lowest BCUT2D eigenvalue weighted by Gasteiger charge is -2.17. The van der Waals surface area contributed by atoms with Crippen LogP contribution in [0, 0.1) is 18.7 Å². The number of nitrogens with zero attached hydrogens (tertiary/aromatic N) is 3. The lowest BCUT2D eigenvalue weighted by molar-refractivity contribution is -0.119. The van der Waals surface area contributed by atoms with Gasteiger partial charge in [-0.05, 0) is 25.5 Å². The molecule has 1 unspecified atom stereocenters. The predicted octanol–water partition coefficient (Wildman–Crippen LogP) is 4.01. The average Bonchev–Trinajstić information content (AvgIpc) is 3.51. The highest BCUT2D eigenvalue weighted by Gasteiger charge is 2.61. The molecule has 1 fully saturated rings. The Labute approximate surface area is 209 Å². The molecule has 4 rings (SSSR count). The number of nitrogens with one attached hydrogen (secondary N) is 3. The largest absolute Gasteiger partial charge is 0.494 e. The molecule has 3 N–H and O–H groups in total. The van der Waals surface area contributed by atoms with Crippen LogP contribution in [0.3, 0.4) is 0 Å². The number of ether oxygens (including phenoxy) is 1. The Bertz CT molecular complexity index is 1340. The Morgan fingerprint density at radius 1 is 1.11 bits per heavy atom. The van der Waals surface area contributed by atoms with Crippen molar-refractivity contribution < 1.29 is 32.3 Å². The number of carbonyl (C=O) groups excluding carboxylic acids is 2. The van der Waals surface area contributed by atoms with Gasteiger partial charge in [0.15, 0.2) is 11.6 Å². The predicted molar refractivity (Wildman–Crippen MR) is 127 cm³/mol. The molecule has 2 aromatic heterocycles. The molecular weight excluding hydrogens is 493 g/mol. The average molecular weight is 516 g/mol. The van der Waals surface area contributed by atoms with E-state index in [-0.39, 0.29) is 46.5 Å². The third-order valence-corrected chi connectivity index (χ3v) is 5.40. The highest BCUT2D eigenvalue weighted by Crippen LogP contribution is 2.49. The fourth-order valence-corrected chi connectivity index (χ4v) is 3.46. The zero-order valence-electron chi connectivity index (χ0n) is 20.1. The Kier molecular flexibility index (Phi) is 7.25. The van der Waals surface area contributed by atoms with Crippen LogP contribution in [0.4, 0.5) is 30.4 Å². The van der Waals surface area contributed by atoms with Crippen molar-refractivity contribution in [3.63, 3.8) is 0 Å². The lowest BCUT2D eigenvalue weighted by atomic mass is 10.1. The van der Waals surface area contributed by atoms with Gasteiger partial charge in [-0.15, -0.1) is 0 Å². The number of hydrogen-bond acceptors (Lipinski definition) is 8. The molecule has 13 heteroatoms.